The molecular formula is C15H18FN5O3. The van der Waals surface area contributed by atoms with E-state index in [4.69, 9.17) is 4.74 Å². The lowest BCUT2D eigenvalue weighted by atomic mass is 9.98. The molecule has 0 spiro atoms. The Morgan fingerprint density at radius 3 is 2.75 bits per heavy atom. The van der Waals surface area contributed by atoms with Crippen molar-refractivity contribution in [3.8, 4) is 5.69 Å². The number of rotatable bonds is 3. The fraction of sp³-hybridized carbons (Fsp3) is 0.467. The van der Waals surface area contributed by atoms with Crippen LogP contribution in [0.15, 0.2) is 29.1 Å². The second kappa shape index (κ2) is 6.91. The largest absolute Gasteiger partial charge is 0.384 e. The van der Waals surface area contributed by atoms with Crippen molar-refractivity contribution in [1.82, 2.24) is 24.7 Å². The van der Waals surface area contributed by atoms with Gasteiger partial charge in [-0.05, 0) is 47.4 Å². The number of carbonyl (C=O) groups excluding carboxylic acids is 1. The van der Waals surface area contributed by atoms with Crippen molar-refractivity contribution in [2.45, 2.75) is 12.8 Å². The third-order valence-corrected chi connectivity index (χ3v) is 4.10. The summed E-state index contributed by atoms with van der Waals surface area (Å²) in [6.07, 6.45) is 1.62. The van der Waals surface area contributed by atoms with Gasteiger partial charge in [0.2, 0.25) is 0 Å². The van der Waals surface area contributed by atoms with Crippen LogP contribution in [0.4, 0.5) is 9.18 Å². The molecule has 0 radical (unpaired) electrons. The molecule has 8 nitrogen and oxygen atoms in total. The minimum atomic E-state index is -0.718. The number of nitrogens with zero attached hydrogens (tertiary/aromatic N) is 5. The molecule has 3 rings (SSSR count). The number of aromatic nitrogens is 4. The number of halogens is 1. The number of tetrazole rings is 1. The molecule has 0 aliphatic carbocycles. The first kappa shape index (κ1) is 16.3. The summed E-state index contributed by atoms with van der Waals surface area (Å²) in [5.41, 5.74) is -0.498. The molecule has 1 saturated heterocycles. The lowest BCUT2D eigenvalue weighted by molar-refractivity contribution is 0.106. The number of ether oxygens (including phenoxy) is 1. The van der Waals surface area contributed by atoms with E-state index < -0.39 is 17.5 Å². The molecule has 0 atom stereocenters. The number of hydrogen-bond donors (Lipinski definition) is 0. The Morgan fingerprint density at radius 1 is 1.33 bits per heavy atom. The molecule has 9 heteroatoms. The van der Waals surface area contributed by atoms with Gasteiger partial charge in [0.05, 0.1) is 5.69 Å². The van der Waals surface area contributed by atoms with Gasteiger partial charge in [-0.3, -0.25) is 0 Å². The van der Waals surface area contributed by atoms with Crippen LogP contribution in [0.2, 0.25) is 0 Å². The fourth-order valence-electron chi connectivity index (χ4n) is 2.80. The summed E-state index contributed by atoms with van der Waals surface area (Å²) in [6.45, 7) is 1.73. The summed E-state index contributed by atoms with van der Waals surface area (Å²) in [6, 6.07) is 4.87. The molecule has 1 fully saturated rings. The van der Waals surface area contributed by atoms with E-state index in [9.17, 15) is 14.0 Å². The highest BCUT2D eigenvalue weighted by Gasteiger charge is 2.26. The highest BCUT2D eigenvalue weighted by Crippen LogP contribution is 2.17. The van der Waals surface area contributed by atoms with Gasteiger partial charge in [-0.15, -0.1) is 4.68 Å². The van der Waals surface area contributed by atoms with Crippen molar-refractivity contribution in [3.63, 3.8) is 0 Å². The normalized spacial score (nSPS) is 15.7. The van der Waals surface area contributed by atoms with Gasteiger partial charge in [0.1, 0.15) is 5.82 Å². The fourth-order valence-corrected chi connectivity index (χ4v) is 2.80. The zero-order valence-corrected chi connectivity index (χ0v) is 13.3. The van der Waals surface area contributed by atoms with E-state index in [1.54, 1.807) is 12.0 Å². The van der Waals surface area contributed by atoms with Crippen molar-refractivity contribution in [1.29, 1.82) is 0 Å². The van der Waals surface area contributed by atoms with E-state index in [1.165, 1.54) is 18.2 Å². The van der Waals surface area contributed by atoms with Crippen LogP contribution in [0.1, 0.15) is 12.8 Å². The monoisotopic (exact) mass is 335 g/mol. The van der Waals surface area contributed by atoms with Gasteiger partial charge in [-0.1, -0.05) is 6.07 Å². The van der Waals surface area contributed by atoms with Crippen molar-refractivity contribution >= 4 is 6.03 Å². The maximum absolute atomic E-state index is 13.3. The van der Waals surface area contributed by atoms with E-state index >= 15 is 0 Å². The zero-order chi connectivity index (χ0) is 17.1. The van der Waals surface area contributed by atoms with E-state index in [-0.39, 0.29) is 5.69 Å². The molecule has 0 N–H and O–H groups in total. The van der Waals surface area contributed by atoms with Crippen LogP contribution < -0.4 is 5.69 Å². The summed E-state index contributed by atoms with van der Waals surface area (Å²) >= 11 is 0. The Labute approximate surface area is 137 Å². The number of methoxy groups -OCH3 is 1. The van der Waals surface area contributed by atoms with Crippen LogP contribution >= 0.6 is 0 Å². The number of likely N-dealkylation sites (tertiary alicyclic amines) is 1. The van der Waals surface area contributed by atoms with Crippen LogP contribution in [0.25, 0.3) is 5.69 Å². The molecule has 2 aromatic rings. The van der Waals surface area contributed by atoms with Gasteiger partial charge in [0, 0.05) is 26.8 Å². The smallest absolute Gasteiger partial charge is 0.377 e. The lowest BCUT2D eigenvalue weighted by Crippen LogP contribution is -2.45. The van der Waals surface area contributed by atoms with E-state index in [2.05, 4.69) is 10.4 Å². The maximum Gasteiger partial charge on any atom is 0.377 e. The van der Waals surface area contributed by atoms with Gasteiger partial charge >= 0.3 is 11.7 Å². The highest BCUT2D eigenvalue weighted by atomic mass is 19.1. The molecule has 128 valence electrons. The van der Waals surface area contributed by atoms with Crippen LogP contribution in [0, 0.1) is 11.7 Å². The molecule has 1 aromatic heterocycles. The number of carbonyl (C=O) groups is 1. The molecule has 1 aliphatic heterocycles. The van der Waals surface area contributed by atoms with Gasteiger partial charge < -0.3 is 9.64 Å². The van der Waals surface area contributed by atoms with Gasteiger partial charge in [-0.25, -0.2) is 14.0 Å². The molecule has 1 aliphatic rings. The second-order valence-electron chi connectivity index (χ2n) is 5.73. The summed E-state index contributed by atoms with van der Waals surface area (Å²) in [5.74, 6) is -0.0840. The number of piperidine rings is 1. The Morgan fingerprint density at radius 2 is 2.08 bits per heavy atom. The average Bonchev–Trinajstić information content (AvgIpc) is 2.97. The Balaban J connectivity index is 1.77. The van der Waals surface area contributed by atoms with E-state index in [0.29, 0.717) is 30.3 Å². The molecular weight excluding hydrogens is 317 g/mol. The van der Waals surface area contributed by atoms with Crippen LogP contribution in [-0.4, -0.2) is 57.5 Å². The Hall–Kier alpha value is -2.55. The SMILES string of the molecule is COCC1CCN(C(=O)n2nnn(-c3cccc(F)c3)c2=O)CC1. The number of benzene rings is 1. The summed E-state index contributed by atoms with van der Waals surface area (Å²) in [4.78, 5) is 26.4. The minimum absolute atomic E-state index is 0.220. The zero-order valence-electron chi connectivity index (χ0n) is 13.3. The predicted molar refractivity (Wildman–Crippen MR) is 82.5 cm³/mol. The minimum Gasteiger partial charge on any atom is -0.384 e. The number of amides is 1. The Bertz CT molecular complexity index is 779. The standard InChI is InChI=1S/C15H18FN5O3/c1-24-10-11-5-7-19(8-6-11)14(22)21-15(23)20(17-18-21)13-4-2-3-12(16)9-13/h2-4,9,11H,5-8,10H2,1H3. The van der Waals surface area contributed by atoms with Crippen LogP contribution in [-0.2, 0) is 4.74 Å². The topological polar surface area (TPSA) is 82.2 Å². The highest BCUT2D eigenvalue weighted by molar-refractivity contribution is 5.75. The van der Waals surface area contributed by atoms with Gasteiger partial charge in [0.25, 0.3) is 0 Å². The second-order valence-corrected chi connectivity index (χ2v) is 5.73. The molecule has 1 aromatic carbocycles. The van der Waals surface area contributed by atoms with E-state index in [0.717, 1.165) is 23.6 Å². The molecule has 2 heterocycles. The first-order valence-electron chi connectivity index (χ1n) is 7.69. The molecule has 0 unspecified atom stereocenters. The van der Waals surface area contributed by atoms with Crippen LogP contribution in [0.5, 0.6) is 0 Å². The molecule has 0 bridgehead atoms. The Kier molecular flexibility index (Phi) is 4.70. The van der Waals surface area contributed by atoms with Crippen LogP contribution in [0.3, 0.4) is 0 Å². The summed E-state index contributed by atoms with van der Waals surface area (Å²) in [5, 5.41) is 7.30. The van der Waals surface area contributed by atoms with Crippen molar-refractivity contribution < 1.29 is 13.9 Å². The molecule has 1 amide bonds. The first-order chi connectivity index (χ1) is 11.6. The predicted octanol–water partition coefficient (Wildman–Crippen LogP) is 0.895. The first-order valence-corrected chi connectivity index (χ1v) is 7.69. The number of hydrogen-bond acceptors (Lipinski definition) is 5. The van der Waals surface area contributed by atoms with Crippen molar-refractivity contribution in [3.05, 3.63) is 40.6 Å². The van der Waals surface area contributed by atoms with Gasteiger partial charge in [-0.2, -0.15) is 4.68 Å². The van der Waals surface area contributed by atoms with Crippen molar-refractivity contribution in [2.75, 3.05) is 26.8 Å². The molecule has 0 saturated carbocycles. The third kappa shape index (κ3) is 3.21. The quantitative estimate of drug-likeness (QED) is 0.778. The van der Waals surface area contributed by atoms with Crippen molar-refractivity contribution in [2.24, 2.45) is 5.92 Å². The maximum atomic E-state index is 13.3. The summed E-state index contributed by atoms with van der Waals surface area (Å²) in [7, 11) is 1.65. The lowest BCUT2D eigenvalue weighted by Gasteiger charge is -2.30. The van der Waals surface area contributed by atoms with E-state index in [1.807, 2.05) is 0 Å². The summed E-state index contributed by atoms with van der Waals surface area (Å²) < 4.78 is 20.0. The van der Waals surface area contributed by atoms with Gasteiger partial charge in [0.15, 0.2) is 0 Å². The average molecular weight is 335 g/mol. The molecule has 24 heavy (non-hydrogen) atoms. The third-order valence-electron chi connectivity index (χ3n) is 4.10.